The van der Waals surface area contributed by atoms with Crippen molar-refractivity contribution in [1.82, 2.24) is 20.3 Å². The molecule has 2 amide bonds. The van der Waals surface area contributed by atoms with Crippen LogP contribution in [0.2, 0.25) is 0 Å². The first-order valence-electron chi connectivity index (χ1n) is 14.6. The van der Waals surface area contributed by atoms with E-state index in [1.165, 1.54) is 12.1 Å². The van der Waals surface area contributed by atoms with Crippen molar-refractivity contribution in [3.05, 3.63) is 66.7 Å². The van der Waals surface area contributed by atoms with E-state index in [9.17, 15) is 18.8 Å². The number of pyridine rings is 2. The summed E-state index contributed by atoms with van der Waals surface area (Å²) < 4.78 is 24.4. The predicted molar refractivity (Wildman–Crippen MR) is 169 cm³/mol. The van der Waals surface area contributed by atoms with E-state index in [0.29, 0.717) is 11.3 Å². The Morgan fingerprint density at radius 3 is 2.16 bits per heavy atom. The molecular weight excluding hydrogens is 579 g/mol. The van der Waals surface area contributed by atoms with Gasteiger partial charge in [0.2, 0.25) is 5.91 Å². The second kappa shape index (κ2) is 13.4. The second-order valence-electron chi connectivity index (χ2n) is 12.6. The summed E-state index contributed by atoms with van der Waals surface area (Å²) in [6, 6.07) is 13.3. The largest absolute Gasteiger partial charge is 0.459 e. The van der Waals surface area contributed by atoms with Gasteiger partial charge in [0.1, 0.15) is 34.4 Å². The molecule has 0 fully saturated rings. The first kappa shape index (κ1) is 33.1. The van der Waals surface area contributed by atoms with Crippen LogP contribution < -0.4 is 16.4 Å². The van der Waals surface area contributed by atoms with Crippen LogP contribution in [0, 0.1) is 11.7 Å². The Labute approximate surface area is 261 Å². The lowest BCUT2D eigenvalue weighted by molar-refractivity contribution is -0.162. The Bertz CT molecular complexity index is 1660. The molecule has 3 heterocycles. The topological polar surface area (TPSA) is 161 Å². The number of hydrogen-bond acceptors (Lipinski definition) is 8. The van der Waals surface area contributed by atoms with Gasteiger partial charge < -0.3 is 30.8 Å². The van der Waals surface area contributed by atoms with Crippen molar-refractivity contribution in [1.29, 1.82) is 0 Å². The van der Waals surface area contributed by atoms with Crippen molar-refractivity contribution in [3.8, 4) is 22.4 Å². The zero-order valence-electron chi connectivity index (χ0n) is 26.2. The van der Waals surface area contributed by atoms with Crippen LogP contribution in [0.3, 0.4) is 0 Å². The predicted octanol–water partition coefficient (Wildman–Crippen LogP) is 5.92. The van der Waals surface area contributed by atoms with Gasteiger partial charge in [-0.2, -0.15) is 0 Å². The van der Waals surface area contributed by atoms with Crippen molar-refractivity contribution in [2.24, 2.45) is 11.7 Å². The molecule has 1 aromatic carbocycles. The zero-order chi connectivity index (χ0) is 32.9. The van der Waals surface area contributed by atoms with Crippen LogP contribution in [0.4, 0.5) is 15.0 Å². The molecule has 0 bridgehead atoms. The number of carbonyl (C=O) groups excluding carboxylic acids is 3. The first-order chi connectivity index (χ1) is 21.1. The number of fused-ring (bicyclic) bond motifs is 1. The number of alkyl carbamates (subject to hydrolysis) is 1. The SMILES string of the molecule is CC(C)(C)OC(=O)NC(N)CCC(C(=O)Nc1ccc2c(-c3ccncc3)c(-c3ccc(F)cc3)[nH]c2n1)C(=O)OC(C)(C)C. The lowest BCUT2D eigenvalue weighted by Gasteiger charge is -2.25. The Balaban J connectivity index is 1.59. The molecule has 0 saturated carbocycles. The Morgan fingerprint density at radius 2 is 1.53 bits per heavy atom. The number of amides is 2. The molecule has 0 radical (unpaired) electrons. The van der Waals surface area contributed by atoms with Crippen LogP contribution in [0.1, 0.15) is 54.4 Å². The number of hydrogen-bond donors (Lipinski definition) is 4. The highest BCUT2D eigenvalue weighted by atomic mass is 19.1. The number of esters is 1. The van der Waals surface area contributed by atoms with E-state index < -0.39 is 41.3 Å². The molecule has 0 spiro atoms. The second-order valence-corrected chi connectivity index (χ2v) is 12.6. The molecule has 0 aliphatic heterocycles. The van der Waals surface area contributed by atoms with E-state index in [1.54, 1.807) is 78.2 Å². The molecule has 4 rings (SSSR count). The van der Waals surface area contributed by atoms with Gasteiger partial charge in [0.05, 0.1) is 11.9 Å². The minimum absolute atomic E-state index is 0.0106. The molecule has 5 N–H and O–H groups in total. The zero-order valence-corrected chi connectivity index (χ0v) is 26.2. The van der Waals surface area contributed by atoms with Crippen molar-refractivity contribution >= 4 is 34.8 Å². The van der Waals surface area contributed by atoms with Gasteiger partial charge in [-0.15, -0.1) is 0 Å². The molecule has 3 aromatic heterocycles. The molecule has 2 atom stereocenters. The summed E-state index contributed by atoms with van der Waals surface area (Å²) in [7, 11) is 0. The van der Waals surface area contributed by atoms with Crippen LogP contribution in [-0.2, 0) is 19.1 Å². The van der Waals surface area contributed by atoms with Gasteiger partial charge in [-0.05, 0) is 114 Å². The number of nitrogens with zero attached hydrogens (tertiary/aromatic N) is 2. The molecule has 11 nitrogen and oxygen atoms in total. The number of nitrogens with one attached hydrogen (secondary N) is 3. The number of anilines is 1. The fraction of sp³-hybridized carbons (Fsp3) is 0.364. The highest BCUT2D eigenvalue weighted by Gasteiger charge is 2.32. The van der Waals surface area contributed by atoms with E-state index in [0.717, 1.165) is 22.1 Å². The smallest absolute Gasteiger partial charge is 0.408 e. The summed E-state index contributed by atoms with van der Waals surface area (Å²) in [5.41, 5.74) is 8.15. The highest BCUT2D eigenvalue weighted by Crippen LogP contribution is 2.38. The molecule has 4 aromatic rings. The summed E-state index contributed by atoms with van der Waals surface area (Å²) in [4.78, 5) is 50.8. The highest BCUT2D eigenvalue weighted by molar-refractivity contribution is 6.06. The minimum Gasteiger partial charge on any atom is -0.459 e. The number of aromatic amines is 1. The third-order valence-electron chi connectivity index (χ3n) is 6.49. The maximum atomic E-state index is 13.7. The van der Waals surface area contributed by atoms with Crippen LogP contribution in [0.15, 0.2) is 60.9 Å². The minimum atomic E-state index is -1.24. The summed E-state index contributed by atoms with van der Waals surface area (Å²) >= 11 is 0. The van der Waals surface area contributed by atoms with Gasteiger partial charge in [-0.3, -0.25) is 14.6 Å². The molecule has 0 aliphatic rings. The van der Waals surface area contributed by atoms with Gasteiger partial charge in [0, 0.05) is 23.3 Å². The van der Waals surface area contributed by atoms with Crippen LogP contribution in [-0.4, -0.2) is 50.3 Å². The van der Waals surface area contributed by atoms with Gasteiger partial charge >= 0.3 is 12.1 Å². The number of ether oxygens (including phenoxy) is 2. The Morgan fingerprint density at radius 1 is 0.889 bits per heavy atom. The van der Waals surface area contributed by atoms with Crippen LogP contribution in [0.25, 0.3) is 33.4 Å². The van der Waals surface area contributed by atoms with Crippen LogP contribution >= 0.6 is 0 Å². The lowest BCUT2D eigenvalue weighted by atomic mass is 9.99. The third kappa shape index (κ3) is 9.08. The van der Waals surface area contributed by atoms with E-state index in [2.05, 4.69) is 25.6 Å². The van der Waals surface area contributed by atoms with E-state index >= 15 is 0 Å². The van der Waals surface area contributed by atoms with Crippen molar-refractivity contribution in [3.63, 3.8) is 0 Å². The summed E-state index contributed by atoms with van der Waals surface area (Å²) in [5, 5.41) is 6.01. The van der Waals surface area contributed by atoms with Gasteiger partial charge in [0.25, 0.3) is 0 Å². The molecule has 238 valence electrons. The first-order valence-corrected chi connectivity index (χ1v) is 14.6. The quantitative estimate of drug-likeness (QED) is 0.102. The number of carbonyl (C=O) groups is 3. The van der Waals surface area contributed by atoms with E-state index in [1.807, 2.05) is 12.1 Å². The number of aromatic nitrogens is 3. The number of halogens is 1. The van der Waals surface area contributed by atoms with Gasteiger partial charge in [-0.25, -0.2) is 14.2 Å². The maximum absolute atomic E-state index is 13.7. The van der Waals surface area contributed by atoms with Gasteiger partial charge in [0.15, 0.2) is 0 Å². The summed E-state index contributed by atoms with van der Waals surface area (Å²) in [6.07, 6.45) is 1.86. The number of benzene rings is 1. The van der Waals surface area contributed by atoms with Crippen molar-refractivity contribution in [2.75, 3.05) is 5.32 Å². The summed E-state index contributed by atoms with van der Waals surface area (Å²) in [5.74, 6) is -2.77. The fourth-order valence-corrected chi connectivity index (χ4v) is 4.61. The Kier molecular flexibility index (Phi) is 9.87. The summed E-state index contributed by atoms with van der Waals surface area (Å²) in [6.45, 7) is 10.3. The average Bonchev–Trinajstić information content (AvgIpc) is 3.30. The van der Waals surface area contributed by atoms with Gasteiger partial charge in [-0.1, -0.05) is 0 Å². The molecule has 12 heteroatoms. The number of rotatable bonds is 9. The number of nitrogens with two attached hydrogens (primary N) is 1. The molecule has 0 aliphatic carbocycles. The Hall–Kier alpha value is -4.84. The monoisotopic (exact) mass is 618 g/mol. The lowest BCUT2D eigenvalue weighted by Crippen LogP contribution is -2.45. The normalized spacial score (nSPS) is 13.2. The molecule has 45 heavy (non-hydrogen) atoms. The third-order valence-corrected chi connectivity index (χ3v) is 6.49. The van der Waals surface area contributed by atoms with E-state index in [-0.39, 0.29) is 24.5 Å². The average molecular weight is 619 g/mol. The van der Waals surface area contributed by atoms with Crippen molar-refractivity contribution in [2.45, 2.75) is 71.8 Å². The molecule has 2 unspecified atom stereocenters. The molecule has 0 saturated heterocycles. The standard InChI is InChI=1S/C33H39FN6O5/c1-32(2,3)44-30(42)23(11-13-24(35)37-31(43)45-33(4,5)6)29(41)39-25-14-12-22-26(19-15-17-36-18-16-19)27(40-28(22)38-25)20-7-9-21(34)10-8-20/h7-10,12,14-18,23-24H,11,13,35H2,1-6H3,(H,37,43)(H2,38,39,40,41). The fourth-order valence-electron chi connectivity index (χ4n) is 4.61. The van der Waals surface area contributed by atoms with Crippen molar-refractivity contribution < 1.29 is 28.2 Å². The van der Waals surface area contributed by atoms with Crippen LogP contribution in [0.5, 0.6) is 0 Å². The van der Waals surface area contributed by atoms with E-state index in [4.69, 9.17) is 15.2 Å². The maximum Gasteiger partial charge on any atom is 0.408 e. The molecular formula is C33H39FN6O5. The number of H-pyrrole nitrogens is 1.